The van der Waals surface area contributed by atoms with Crippen molar-refractivity contribution in [3.63, 3.8) is 0 Å². The number of carbonyl (C=O) groups excluding carboxylic acids is 2. The van der Waals surface area contributed by atoms with Crippen molar-refractivity contribution < 1.29 is 23.8 Å². The Hall–Kier alpha value is -2.48. The highest BCUT2D eigenvalue weighted by atomic mass is 16.6. The van der Waals surface area contributed by atoms with Gasteiger partial charge in [0.05, 0.1) is 25.3 Å². The van der Waals surface area contributed by atoms with Gasteiger partial charge in [-0.25, -0.2) is 4.79 Å². The molecule has 2 saturated heterocycles. The molecule has 2 aliphatic rings. The number of nitrogens with zero attached hydrogens (tertiary/aromatic N) is 2. The summed E-state index contributed by atoms with van der Waals surface area (Å²) in [5, 5.41) is 0. The number of nitrogens with two attached hydrogens (primary N) is 1. The van der Waals surface area contributed by atoms with E-state index in [4.69, 9.17) is 19.9 Å². The summed E-state index contributed by atoms with van der Waals surface area (Å²) in [5.74, 6) is 0.966. The number of benzene rings is 1. The second-order valence-electron chi connectivity index (χ2n) is 6.03. The number of ether oxygens (including phenoxy) is 3. The summed E-state index contributed by atoms with van der Waals surface area (Å²) in [6.07, 6.45) is 0.407. The summed E-state index contributed by atoms with van der Waals surface area (Å²) in [4.78, 5) is 28.0. The number of hydrogen-bond donors (Lipinski definition) is 1. The van der Waals surface area contributed by atoms with Crippen LogP contribution in [0, 0.1) is 0 Å². The van der Waals surface area contributed by atoms with Crippen LogP contribution < -0.4 is 15.2 Å². The Bertz CT molecular complexity index is 651. The molecular weight excluding hydrogens is 326 g/mol. The van der Waals surface area contributed by atoms with E-state index in [1.807, 2.05) is 0 Å². The molecule has 1 aromatic rings. The van der Waals surface area contributed by atoms with Gasteiger partial charge in [-0.3, -0.25) is 9.69 Å². The van der Waals surface area contributed by atoms with Crippen LogP contribution in [0.2, 0.25) is 0 Å². The van der Waals surface area contributed by atoms with Gasteiger partial charge >= 0.3 is 6.09 Å². The average molecular weight is 349 g/mol. The first-order valence-electron chi connectivity index (χ1n) is 8.37. The Morgan fingerprint density at radius 1 is 1.40 bits per heavy atom. The van der Waals surface area contributed by atoms with E-state index in [0.29, 0.717) is 62.9 Å². The fourth-order valence-corrected chi connectivity index (χ4v) is 3.04. The lowest BCUT2D eigenvalue weighted by molar-refractivity contribution is 0.0612. The standard InChI is InChI=1S/C17H23N3O5/c1-23-13-3-4-15(24-8-2-5-18)14(9-13)16(21)19-6-7-20-12(10-19)11-25-17(20)22/h3-4,9,12H,2,5-8,10-11,18H2,1H3. The number of hydrogen-bond acceptors (Lipinski definition) is 6. The highest BCUT2D eigenvalue weighted by Crippen LogP contribution is 2.27. The van der Waals surface area contributed by atoms with Gasteiger partial charge in [-0.1, -0.05) is 0 Å². The van der Waals surface area contributed by atoms with E-state index in [2.05, 4.69) is 0 Å². The number of piperazine rings is 1. The van der Waals surface area contributed by atoms with Crippen LogP contribution in [-0.2, 0) is 4.74 Å². The molecule has 2 fully saturated rings. The molecule has 1 aromatic carbocycles. The maximum atomic E-state index is 13.0. The van der Waals surface area contributed by atoms with Gasteiger partial charge in [0, 0.05) is 19.6 Å². The Balaban J connectivity index is 1.77. The second kappa shape index (κ2) is 7.60. The van der Waals surface area contributed by atoms with Crippen molar-refractivity contribution in [3.05, 3.63) is 23.8 Å². The van der Waals surface area contributed by atoms with Gasteiger partial charge in [-0.2, -0.15) is 0 Å². The van der Waals surface area contributed by atoms with E-state index < -0.39 is 0 Å². The van der Waals surface area contributed by atoms with Crippen molar-refractivity contribution in [2.45, 2.75) is 12.5 Å². The third kappa shape index (κ3) is 3.63. The SMILES string of the molecule is COc1ccc(OCCCN)c(C(=O)N2CCN3C(=O)OCC3C2)c1. The molecule has 2 aliphatic heterocycles. The molecule has 0 spiro atoms. The molecule has 25 heavy (non-hydrogen) atoms. The van der Waals surface area contributed by atoms with Gasteiger partial charge in [-0.05, 0) is 31.2 Å². The first-order valence-corrected chi connectivity index (χ1v) is 8.37. The fourth-order valence-electron chi connectivity index (χ4n) is 3.04. The minimum atomic E-state index is -0.302. The number of rotatable bonds is 6. The zero-order chi connectivity index (χ0) is 17.8. The van der Waals surface area contributed by atoms with Gasteiger partial charge in [-0.15, -0.1) is 0 Å². The molecule has 0 saturated carbocycles. The zero-order valence-electron chi connectivity index (χ0n) is 14.3. The molecule has 8 heteroatoms. The maximum Gasteiger partial charge on any atom is 0.410 e. The Kier molecular flexibility index (Phi) is 5.28. The summed E-state index contributed by atoms with van der Waals surface area (Å²) >= 11 is 0. The third-order valence-corrected chi connectivity index (χ3v) is 4.43. The number of carbonyl (C=O) groups is 2. The topological polar surface area (TPSA) is 94.3 Å². The largest absolute Gasteiger partial charge is 0.497 e. The van der Waals surface area contributed by atoms with Crippen molar-refractivity contribution in [1.82, 2.24) is 9.80 Å². The van der Waals surface area contributed by atoms with Crippen LogP contribution in [0.3, 0.4) is 0 Å². The van der Waals surface area contributed by atoms with Crippen LogP contribution in [0.4, 0.5) is 4.79 Å². The van der Waals surface area contributed by atoms with Crippen molar-refractivity contribution in [1.29, 1.82) is 0 Å². The normalized spacial score (nSPS) is 19.4. The van der Waals surface area contributed by atoms with E-state index in [1.165, 1.54) is 0 Å². The lowest BCUT2D eigenvalue weighted by Crippen LogP contribution is -2.53. The van der Waals surface area contributed by atoms with Crippen molar-refractivity contribution in [2.75, 3.05) is 46.5 Å². The summed E-state index contributed by atoms with van der Waals surface area (Å²) in [7, 11) is 1.55. The molecule has 0 aliphatic carbocycles. The van der Waals surface area contributed by atoms with Gasteiger partial charge in [0.2, 0.25) is 0 Å². The molecule has 2 heterocycles. The van der Waals surface area contributed by atoms with E-state index in [1.54, 1.807) is 35.1 Å². The quantitative estimate of drug-likeness (QED) is 0.760. The molecule has 3 rings (SSSR count). The molecule has 0 aromatic heterocycles. The lowest BCUT2D eigenvalue weighted by atomic mass is 10.1. The second-order valence-corrected chi connectivity index (χ2v) is 6.03. The van der Waals surface area contributed by atoms with Crippen LogP contribution in [0.25, 0.3) is 0 Å². The predicted molar refractivity (Wildman–Crippen MR) is 89.9 cm³/mol. The third-order valence-electron chi connectivity index (χ3n) is 4.43. The van der Waals surface area contributed by atoms with Gasteiger partial charge in [0.25, 0.3) is 5.91 Å². The van der Waals surface area contributed by atoms with Gasteiger partial charge < -0.3 is 24.8 Å². The molecule has 0 radical (unpaired) electrons. The zero-order valence-corrected chi connectivity index (χ0v) is 14.3. The van der Waals surface area contributed by atoms with Crippen LogP contribution in [0.5, 0.6) is 11.5 Å². The van der Waals surface area contributed by atoms with Crippen molar-refractivity contribution in [3.8, 4) is 11.5 Å². The summed E-state index contributed by atoms with van der Waals surface area (Å²) < 4.78 is 16.0. The molecular formula is C17H23N3O5. The first-order chi connectivity index (χ1) is 12.1. The smallest absolute Gasteiger partial charge is 0.410 e. The van der Waals surface area contributed by atoms with Crippen molar-refractivity contribution in [2.24, 2.45) is 5.73 Å². The highest BCUT2D eigenvalue weighted by molar-refractivity contribution is 5.97. The molecule has 136 valence electrons. The Morgan fingerprint density at radius 2 is 2.24 bits per heavy atom. The molecule has 8 nitrogen and oxygen atoms in total. The minimum Gasteiger partial charge on any atom is -0.497 e. The average Bonchev–Trinajstić information content (AvgIpc) is 3.02. The van der Waals surface area contributed by atoms with Gasteiger partial charge in [0.15, 0.2) is 0 Å². The van der Waals surface area contributed by atoms with Crippen LogP contribution in [0.1, 0.15) is 16.8 Å². The van der Waals surface area contributed by atoms with E-state index in [0.717, 1.165) is 0 Å². The minimum absolute atomic E-state index is 0.0857. The molecule has 2 amide bonds. The maximum absolute atomic E-state index is 13.0. The van der Waals surface area contributed by atoms with E-state index >= 15 is 0 Å². The Morgan fingerprint density at radius 3 is 3.00 bits per heavy atom. The molecule has 1 unspecified atom stereocenters. The first kappa shape index (κ1) is 17.3. The monoisotopic (exact) mass is 349 g/mol. The van der Waals surface area contributed by atoms with Crippen LogP contribution >= 0.6 is 0 Å². The van der Waals surface area contributed by atoms with E-state index in [-0.39, 0.29) is 18.0 Å². The fraction of sp³-hybridized carbons (Fsp3) is 0.529. The van der Waals surface area contributed by atoms with Crippen LogP contribution in [-0.4, -0.2) is 74.3 Å². The Labute approximate surface area is 146 Å². The van der Waals surface area contributed by atoms with E-state index in [9.17, 15) is 9.59 Å². The summed E-state index contributed by atoms with van der Waals surface area (Å²) in [5.41, 5.74) is 5.95. The lowest BCUT2D eigenvalue weighted by Gasteiger charge is -2.35. The highest BCUT2D eigenvalue weighted by Gasteiger charge is 2.39. The molecule has 1 atom stereocenters. The number of methoxy groups -OCH3 is 1. The van der Waals surface area contributed by atoms with Crippen LogP contribution in [0.15, 0.2) is 18.2 Å². The summed E-state index contributed by atoms with van der Waals surface area (Å²) in [6, 6.07) is 5.09. The number of fused-ring (bicyclic) bond motifs is 1. The summed E-state index contributed by atoms with van der Waals surface area (Å²) in [6.45, 7) is 2.68. The predicted octanol–water partition coefficient (Wildman–Crippen LogP) is 0.699. The molecule has 0 bridgehead atoms. The molecule has 2 N–H and O–H groups in total. The van der Waals surface area contributed by atoms with Crippen molar-refractivity contribution >= 4 is 12.0 Å². The van der Waals surface area contributed by atoms with Gasteiger partial charge in [0.1, 0.15) is 18.1 Å². The number of cyclic esters (lactones) is 1. The number of amides is 2.